The van der Waals surface area contributed by atoms with Crippen LogP contribution >= 0.6 is 0 Å². The van der Waals surface area contributed by atoms with E-state index in [9.17, 15) is 14.4 Å². The van der Waals surface area contributed by atoms with E-state index in [1.54, 1.807) is 15.5 Å². The minimum Gasteiger partial charge on any atom is -0.342 e. The van der Waals surface area contributed by atoms with Gasteiger partial charge in [-0.2, -0.15) is 0 Å². The third-order valence-electron chi connectivity index (χ3n) is 6.64. The molecule has 3 heterocycles. The third kappa shape index (κ3) is 4.71. The Labute approximate surface area is 198 Å². The van der Waals surface area contributed by atoms with Crippen molar-refractivity contribution in [2.75, 3.05) is 18.4 Å². The summed E-state index contributed by atoms with van der Waals surface area (Å²) in [5, 5.41) is 3.51. The van der Waals surface area contributed by atoms with Gasteiger partial charge < -0.3 is 10.2 Å². The van der Waals surface area contributed by atoms with E-state index in [1.165, 1.54) is 0 Å². The Bertz CT molecular complexity index is 1300. The van der Waals surface area contributed by atoms with Crippen LogP contribution in [0.25, 0.3) is 10.9 Å². The monoisotopic (exact) mass is 459 g/mol. The SMILES string of the molecule is Cc1cccc(NC(=O)C2CCCN(C(=O)CCc3nc4ccccc4c(=O)n3C3CC3)C2)n1. The van der Waals surface area contributed by atoms with Gasteiger partial charge in [0.2, 0.25) is 11.8 Å². The molecule has 2 fully saturated rings. The van der Waals surface area contributed by atoms with E-state index in [2.05, 4.69) is 10.3 Å². The Hall–Kier alpha value is -3.55. The molecule has 2 aliphatic rings. The van der Waals surface area contributed by atoms with Crippen molar-refractivity contribution < 1.29 is 9.59 Å². The number of hydrogen-bond acceptors (Lipinski definition) is 5. The van der Waals surface area contributed by atoms with Crippen molar-refractivity contribution in [3.05, 3.63) is 64.3 Å². The van der Waals surface area contributed by atoms with Gasteiger partial charge in [-0.05, 0) is 56.9 Å². The molecule has 1 aromatic carbocycles. The smallest absolute Gasteiger partial charge is 0.261 e. The van der Waals surface area contributed by atoms with E-state index in [0.29, 0.717) is 42.1 Å². The van der Waals surface area contributed by atoms with Gasteiger partial charge in [-0.1, -0.05) is 18.2 Å². The van der Waals surface area contributed by atoms with Crippen molar-refractivity contribution in [2.45, 2.75) is 51.5 Å². The number of amides is 2. The zero-order valence-electron chi connectivity index (χ0n) is 19.4. The lowest BCUT2D eigenvalue weighted by Gasteiger charge is -2.32. The molecule has 0 spiro atoms. The number of carbonyl (C=O) groups excluding carboxylic acids is 2. The van der Waals surface area contributed by atoms with Gasteiger partial charge >= 0.3 is 0 Å². The van der Waals surface area contributed by atoms with Crippen LogP contribution in [0, 0.1) is 12.8 Å². The van der Waals surface area contributed by atoms with Crippen molar-refractivity contribution in [3.63, 3.8) is 0 Å². The third-order valence-corrected chi connectivity index (χ3v) is 6.64. The number of aromatic nitrogens is 3. The van der Waals surface area contributed by atoms with E-state index in [-0.39, 0.29) is 35.8 Å². The van der Waals surface area contributed by atoms with E-state index in [4.69, 9.17) is 4.98 Å². The molecule has 0 bridgehead atoms. The molecule has 1 atom stereocenters. The number of piperidine rings is 1. The lowest BCUT2D eigenvalue weighted by Crippen LogP contribution is -2.44. The molecule has 1 saturated heterocycles. The van der Waals surface area contributed by atoms with Crippen molar-refractivity contribution in [1.29, 1.82) is 0 Å². The lowest BCUT2D eigenvalue weighted by molar-refractivity contribution is -0.134. The van der Waals surface area contributed by atoms with Gasteiger partial charge in [-0.15, -0.1) is 0 Å². The molecule has 8 nitrogen and oxygen atoms in total. The van der Waals surface area contributed by atoms with Crippen LogP contribution in [-0.2, 0) is 16.0 Å². The summed E-state index contributed by atoms with van der Waals surface area (Å²) in [6.07, 6.45) is 4.15. The summed E-state index contributed by atoms with van der Waals surface area (Å²) < 4.78 is 1.79. The highest BCUT2D eigenvalue weighted by Crippen LogP contribution is 2.35. The highest BCUT2D eigenvalue weighted by atomic mass is 16.2. The number of fused-ring (bicyclic) bond motifs is 1. The van der Waals surface area contributed by atoms with Crippen LogP contribution in [0.5, 0.6) is 0 Å². The molecule has 1 aliphatic heterocycles. The van der Waals surface area contributed by atoms with Crippen molar-refractivity contribution in [2.24, 2.45) is 5.92 Å². The van der Waals surface area contributed by atoms with Gasteiger partial charge in [0.15, 0.2) is 0 Å². The first-order valence-electron chi connectivity index (χ1n) is 12.0. The fourth-order valence-corrected chi connectivity index (χ4v) is 4.71. The van der Waals surface area contributed by atoms with Crippen molar-refractivity contribution in [1.82, 2.24) is 19.4 Å². The van der Waals surface area contributed by atoms with Crippen LogP contribution < -0.4 is 10.9 Å². The van der Waals surface area contributed by atoms with E-state index in [0.717, 1.165) is 31.4 Å². The second kappa shape index (κ2) is 9.37. The Balaban J connectivity index is 1.25. The van der Waals surface area contributed by atoms with Gasteiger partial charge in [-0.3, -0.25) is 19.0 Å². The molecule has 1 unspecified atom stereocenters. The highest BCUT2D eigenvalue weighted by Gasteiger charge is 2.30. The Kier molecular flexibility index (Phi) is 6.13. The molecular formula is C26H29N5O3. The summed E-state index contributed by atoms with van der Waals surface area (Å²) >= 11 is 0. The van der Waals surface area contributed by atoms with Crippen molar-refractivity contribution >= 4 is 28.5 Å². The maximum atomic E-state index is 13.1. The molecule has 2 aromatic heterocycles. The lowest BCUT2D eigenvalue weighted by atomic mass is 9.96. The molecule has 5 rings (SSSR count). The number of benzene rings is 1. The van der Waals surface area contributed by atoms with Crippen LogP contribution in [0.2, 0.25) is 0 Å². The van der Waals surface area contributed by atoms with Crippen LogP contribution in [0.15, 0.2) is 47.3 Å². The largest absolute Gasteiger partial charge is 0.342 e. The number of likely N-dealkylation sites (tertiary alicyclic amines) is 1. The molecule has 1 aliphatic carbocycles. The normalized spacial score (nSPS) is 18.1. The maximum absolute atomic E-state index is 13.1. The Morgan fingerprint density at radius 1 is 1.06 bits per heavy atom. The number of aryl methyl sites for hydroxylation is 2. The van der Waals surface area contributed by atoms with Crippen LogP contribution in [-0.4, -0.2) is 44.3 Å². The number of carbonyl (C=O) groups is 2. The minimum absolute atomic E-state index is 0.00376. The number of pyridine rings is 1. The summed E-state index contributed by atoms with van der Waals surface area (Å²) in [6, 6.07) is 13.1. The number of rotatable bonds is 6. The summed E-state index contributed by atoms with van der Waals surface area (Å²) in [5.41, 5.74) is 1.49. The molecule has 0 radical (unpaired) electrons. The molecule has 1 saturated carbocycles. The first-order valence-corrected chi connectivity index (χ1v) is 12.0. The zero-order chi connectivity index (χ0) is 23.7. The molecular weight excluding hydrogens is 430 g/mol. The van der Waals surface area contributed by atoms with Gasteiger partial charge in [0.25, 0.3) is 5.56 Å². The van der Waals surface area contributed by atoms with Gasteiger partial charge in [-0.25, -0.2) is 9.97 Å². The molecule has 1 N–H and O–H groups in total. The first kappa shape index (κ1) is 22.3. The van der Waals surface area contributed by atoms with Crippen LogP contribution in [0.1, 0.15) is 49.7 Å². The van der Waals surface area contributed by atoms with Crippen LogP contribution in [0.3, 0.4) is 0 Å². The van der Waals surface area contributed by atoms with E-state index >= 15 is 0 Å². The van der Waals surface area contributed by atoms with E-state index in [1.807, 2.05) is 43.3 Å². The molecule has 2 amide bonds. The van der Waals surface area contributed by atoms with Crippen molar-refractivity contribution in [3.8, 4) is 0 Å². The maximum Gasteiger partial charge on any atom is 0.261 e. The van der Waals surface area contributed by atoms with E-state index < -0.39 is 0 Å². The van der Waals surface area contributed by atoms with Gasteiger partial charge in [0, 0.05) is 37.7 Å². The number of nitrogens with one attached hydrogen (secondary N) is 1. The fraction of sp³-hybridized carbons (Fsp3) is 0.423. The highest BCUT2D eigenvalue weighted by molar-refractivity contribution is 5.92. The summed E-state index contributed by atoms with van der Waals surface area (Å²) in [7, 11) is 0. The van der Waals surface area contributed by atoms with Gasteiger partial charge in [0.05, 0.1) is 16.8 Å². The molecule has 176 valence electrons. The standard InChI is InChI=1S/C26H29N5O3/c1-17-6-4-10-22(27-17)29-25(33)18-7-5-15-30(16-18)24(32)14-13-23-28-21-9-3-2-8-20(21)26(34)31(23)19-11-12-19/h2-4,6,8-10,18-19H,5,7,11-16H2,1H3,(H,27,29,33). The quantitative estimate of drug-likeness (QED) is 0.610. The predicted octanol–water partition coefficient (Wildman–Crippen LogP) is 3.24. The zero-order valence-corrected chi connectivity index (χ0v) is 19.4. The summed E-state index contributed by atoms with van der Waals surface area (Å²) in [6.45, 7) is 2.92. The van der Waals surface area contributed by atoms with Gasteiger partial charge in [0.1, 0.15) is 11.6 Å². The summed E-state index contributed by atoms with van der Waals surface area (Å²) in [5.74, 6) is 0.846. The average molecular weight is 460 g/mol. The summed E-state index contributed by atoms with van der Waals surface area (Å²) in [4.78, 5) is 49.7. The average Bonchev–Trinajstić information content (AvgIpc) is 3.68. The fourth-order valence-electron chi connectivity index (χ4n) is 4.71. The molecule has 3 aromatic rings. The number of nitrogens with zero attached hydrogens (tertiary/aromatic N) is 4. The Morgan fingerprint density at radius 3 is 2.68 bits per heavy atom. The first-order chi connectivity index (χ1) is 16.5. The van der Waals surface area contributed by atoms with Crippen LogP contribution in [0.4, 0.5) is 5.82 Å². The minimum atomic E-state index is -0.261. The number of para-hydroxylation sites is 1. The second-order valence-corrected chi connectivity index (χ2v) is 9.28. The molecule has 8 heteroatoms. The Morgan fingerprint density at radius 2 is 1.88 bits per heavy atom. The predicted molar refractivity (Wildman–Crippen MR) is 130 cm³/mol. The molecule has 34 heavy (non-hydrogen) atoms. The topological polar surface area (TPSA) is 97.2 Å². The number of anilines is 1. The number of hydrogen-bond donors (Lipinski definition) is 1. The second-order valence-electron chi connectivity index (χ2n) is 9.28.